The first-order chi connectivity index (χ1) is 10.1. The molecule has 6 heteroatoms. The van der Waals surface area contributed by atoms with E-state index in [1.807, 2.05) is 12.1 Å². The zero-order valence-electron chi connectivity index (χ0n) is 12.5. The molecule has 21 heavy (non-hydrogen) atoms. The largest absolute Gasteiger partial charge is 0.496 e. The molecular formula is C15H20BrNO4. The van der Waals surface area contributed by atoms with E-state index in [4.69, 9.17) is 14.2 Å². The van der Waals surface area contributed by atoms with E-state index in [0.29, 0.717) is 6.54 Å². The smallest absolute Gasteiger partial charge is 0.310 e. The van der Waals surface area contributed by atoms with Gasteiger partial charge in [-0.05, 0) is 41.0 Å². The molecule has 1 saturated heterocycles. The minimum absolute atomic E-state index is 0.0293. The Bertz CT molecular complexity index is 521. The maximum atomic E-state index is 11.6. The molecule has 1 aliphatic heterocycles. The Morgan fingerprint density at radius 3 is 2.62 bits per heavy atom. The highest BCUT2D eigenvalue weighted by molar-refractivity contribution is 9.10. The minimum Gasteiger partial charge on any atom is -0.496 e. The molecule has 1 aromatic rings. The molecule has 0 radical (unpaired) electrons. The molecule has 2 rings (SSSR count). The average Bonchev–Trinajstić information content (AvgIpc) is 2.96. The molecule has 1 unspecified atom stereocenters. The second-order valence-corrected chi connectivity index (χ2v) is 5.90. The van der Waals surface area contributed by atoms with Gasteiger partial charge in [-0.25, -0.2) is 0 Å². The molecule has 0 spiro atoms. The summed E-state index contributed by atoms with van der Waals surface area (Å²) < 4.78 is 16.4. The van der Waals surface area contributed by atoms with Crippen molar-refractivity contribution in [2.75, 3.05) is 34.4 Å². The molecule has 0 aromatic heterocycles. The fourth-order valence-electron chi connectivity index (χ4n) is 2.62. The number of ether oxygens (including phenoxy) is 3. The predicted molar refractivity (Wildman–Crippen MR) is 82.6 cm³/mol. The number of carbonyl (C=O) groups is 1. The lowest BCUT2D eigenvalue weighted by molar-refractivity contribution is -0.144. The van der Waals surface area contributed by atoms with Crippen LogP contribution in [0.5, 0.6) is 11.5 Å². The molecule has 0 saturated carbocycles. The lowest BCUT2D eigenvalue weighted by Gasteiger charge is -2.19. The van der Waals surface area contributed by atoms with Crippen LogP contribution in [0.2, 0.25) is 0 Å². The molecule has 1 heterocycles. The molecule has 1 aliphatic rings. The van der Waals surface area contributed by atoms with Crippen molar-refractivity contribution in [2.24, 2.45) is 5.92 Å². The van der Waals surface area contributed by atoms with E-state index in [1.54, 1.807) is 14.2 Å². The third kappa shape index (κ3) is 3.68. The molecule has 5 nitrogen and oxygen atoms in total. The highest BCUT2D eigenvalue weighted by atomic mass is 79.9. The van der Waals surface area contributed by atoms with Crippen LogP contribution in [0, 0.1) is 5.92 Å². The number of hydrogen-bond donors (Lipinski definition) is 0. The number of benzene rings is 1. The second kappa shape index (κ2) is 7.13. The molecule has 1 aromatic carbocycles. The normalized spacial score (nSPS) is 18.6. The number of likely N-dealkylation sites (tertiary alicyclic amines) is 1. The zero-order chi connectivity index (χ0) is 15.4. The van der Waals surface area contributed by atoms with Gasteiger partial charge in [-0.15, -0.1) is 0 Å². The summed E-state index contributed by atoms with van der Waals surface area (Å²) in [5, 5.41) is 0. The van der Waals surface area contributed by atoms with Crippen LogP contribution in [0.25, 0.3) is 0 Å². The highest BCUT2D eigenvalue weighted by Gasteiger charge is 2.29. The molecule has 0 aliphatic carbocycles. The average molecular weight is 358 g/mol. The summed E-state index contributed by atoms with van der Waals surface area (Å²) >= 11 is 3.45. The SMILES string of the molecule is COC(=O)C1CCN(Cc2cc(OC)c(Br)cc2OC)C1. The third-order valence-electron chi connectivity index (χ3n) is 3.76. The summed E-state index contributed by atoms with van der Waals surface area (Å²) in [5.41, 5.74) is 1.04. The first kappa shape index (κ1) is 16.1. The van der Waals surface area contributed by atoms with Crippen LogP contribution < -0.4 is 9.47 Å². The maximum Gasteiger partial charge on any atom is 0.310 e. The van der Waals surface area contributed by atoms with E-state index in [0.717, 1.165) is 41.0 Å². The fourth-order valence-corrected chi connectivity index (χ4v) is 3.11. The predicted octanol–water partition coefficient (Wildman–Crippen LogP) is 2.46. The van der Waals surface area contributed by atoms with Crippen molar-refractivity contribution < 1.29 is 19.0 Å². The summed E-state index contributed by atoms with van der Waals surface area (Å²) in [7, 11) is 4.73. The Balaban J connectivity index is 2.11. The van der Waals surface area contributed by atoms with Gasteiger partial charge < -0.3 is 14.2 Å². The number of nitrogens with zero attached hydrogens (tertiary/aromatic N) is 1. The van der Waals surface area contributed by atoms with Crippen LogP contribution in [-0.2, 0) is 16.1 Å². The van der Waals surface area contributed by atoms with E-state index in [2.05, 4.69) is 20.8 Å². The Hall–Kier alpha value is -1.27. The van der Waals surface area contributed by atoms with Gasteiger partial charge >= 0.3 is 5.97 Å². The van der Waals surface area contributed by atoms with E-state index in [-0.39, 0.29) is 11.9 Å². The second-order valence-electron chi connectivity index (χ2n) is 5.04. The van der Waals surface area contributed by atoms with Crippen molar-refractivity contribution in [3.8, 4) is 11.5 Å². The molecule has 116 valence electrons. The summed E-state index contributed by atoms with van der Waals surface area (Å²) in [5.74, 6) is 1.43. The quantitative estimate of drug-likeness (QED) is 0.757. The lowest BCUT2D eigenvalue weighted by atomic mass is 10.1. The number of carbonyl (C=O) groups excluding carboxylic acids is 1. The van der Waals surface area contributed by atoms with E-state index in [1.165, 1.54) is 7.11 Å². The van der Waals surface area contributed by atoms with E-state index < -0.39 is 0 Å². The lowest BCUT2D eigenvalue weighted by Crippen LogP contribution is -2.23. The molecule has 0 N–H and O–H groups in total. The van der Waals surface area contributed by atoms with Gasteiger partial charge in [0.2, 0.25) is 0 Å². The van der Waals surface area contributed by atoms with Gasteiger partial charge in [-0.2, -0.15) is 0 Å². The van der Waals surface area contributed by atoms with Gasteiger partial charge in [0, 0.05) is 18.7 Å². The molecule has 1 fully saturated rings. The molecule has 1 atom stereocenters. The van der Waals surface area contributed by atoms with Crippen molar-refractivity contribution in [1.82, 2.24) is 4.90 Å². The summed E-state index contributed by atoms with van der Waals surface area (Å²) in [4.78, 5) is 13.8. The molecular weight excluding hydrogens is 338 g/mol. The monoisotopic (exact) mass is 357 g/mol. The van der Waals surface area contributed by atoms with Crippen molar-refractivity contribution in [3.63, 3.8) is 0 Å². The van der Waals surface area contributed by atoms with Gasteiger partial charge in [-0.3, -0.25) is 9.69 Å². The number of halogens is 1. The third-order valence-corrected chi connectivity index (χ3v) is 4.38. The summed E-state index contributed by atoms with van der Waals surface area (Å²) in [6.07, 6.45) is 0.836. The van der Waals surface area contributed by atoms with Crippen LogP contribution in [-0.4, -0.2) is 45.3 Å². The van der Waals surface area contributed by atoms with Crippen molar-refractivity contribution >= 4 is 21.9 Å². The number of rotatable bonds is 5. The standard InChI is InChI=1S/C15H20BrNO4/c1-19-13-7-12(16)14(20-2)6-11(13)9-17-5-4-10(8-17)15(18)21-3/h6-7,10H,4-5,8-9H2,1-3H3. The first-order valence-electron chi connectivity index (χ1n) is 6.79. The fraction of sp³-hybridized carbons (Fsp3) is 0.533. The van der Waals surface area contributed by atoms with Crippen molar-refractivity contribution in [2.45, 2.75) is 13.0 Å². The number of methoxy groups -OCH3 is 3. The zero-order valence-corrected chi connectivity index (χ0v) is 14.1. The van der Waals surface area contributed by atoms with E-state index in [9.17, 15) is 4.79 Å². The maximum absolute atomic E-state index is 11.6. The first-order valence-corrected chi connectivity index (χ1v) is 7.59. The van der Waals surface area contributed by atoms with Gasteiger partial charge in [0.05, 0.1) is 31.7 Å². The number of hydrogen-bond acceptors (Lipinski definition) is 5. The van der Waals surface area contributed by atoms with Gasteiger partial charge in [0.1, 0.15) is 11.5 Å². The van der Waals surface area contributed by atoms with Gasteiger partial charge in [0.25, 0.3) is 0 Å². The van der Waals surface area contributed by atoms with Gasteiger partial charge in [-0.1, -0.05) is 0 Å². The van der Waals surface area contributed by atoms with Crippen LogP contribution in [0.4, 0.5) is 0 Å². The van der Waals surface area contributed by atoms with Crippen LogP contribution >= 0.6 is 15.9 Å². The molecule has 0 bridgehead atoms. The van der Waals surface area contributed by atoms with Crippen LogP contribution in [0.3, 0.4) is 0 Å². The Morgan fingerprint density at radius 2 is 2.00 bits per heavy atom. The Morgan fingerprint density at radius 1 is 1.29 bits per heavy atom. The van der Waals surface area contributed by atoms with Crippen LogP contribution in [0.15, 0.2) is 16.6 Å². The molecule has 0 amide bonds. The Kier molecular flexibility index (Phi) is 5.47. The summed E-state index contributed by atoms with van der Waals surface area (Å²) in [6, 6.07) is 3.87. The topological polar surface area (TPSA) is 48.0 Å². The van der Waals surface area contributed by atoms with Gasteiger partial charge in [0.15, 0.2) is 0 Å². The van der Waals surface area contributed by atoms with Crippen molar-refractivity contribution in [1.29, 1.82) is 0 Å². The minimum atomic E-state index is -0.127. The van der Waals surface area contributed by atoms with E-state index >= 15 is 0 Å². The highest BCUT2D eigenvalue weighted by Crippen LogP contribution is 2.34. The van der Waals surface area contributed by atoms with Crippen LogP contribution in [0.1, 0.15) is 12.0 Å². The Labute approximate surface area is 133 Å². The number of esters is 1. The summed E-state index contributed by atoms with van der Waals surface area (Å²) in [6.45, 7) is 2.32. The van der Waals surface area contributed by atoms with Crippen molar-refractivity contribution in [3.05, 3.63) is 22.2 Å².